The minimum atomic E-state index is -0.329. The van der Waals surface area contributed by atoms with Crippen molar-refractivity contribution in [1.29, 1.82) is 0 Å². The summed E-state index contributed by atoms with van der Waals surface area (Å²) in [6, 6.07) is 6.58. The lowest BCUT2D eigenvalue weighted by Crippen LogP contribution is -2.11. The van der Waals surface area contributed by atoms with Gasteiger partial charge in [-0.25, -0.2) is 4.39 Å². The summed E-state index contributed by atoms with van der Waals surface area (Å²) >= 11 is 6.04. The molecule has 0 saturated heterocycles. The molecule has 4 heteroatoms. The van der Waals surface area contributed by atoms with E-state index in [0.29, 0.717) is 22.7 Å². The Bertz CT molecular complexity index is 523. The highest BCUT2D eigenvalue weighted by molar-refractivity contribution is 6.33. The third-order valence-electron chi connectivity index (χ3n) is 2.63. The van der Waals surface area contributed by atoms with Gasteiger partial charge in [0.25, 0.3) is 0 Å². The Morgan fingerprint density at radius 1 is 1.33 bits per heavy atom. The Kier molecular flexibility index (Phi) is 4.28. The van der Waals surface area contributed by atoms with Crippen molar-refractivity contribution in [1.82, 2.24) is 10.3 Å². The maximum absolute atomic E-state index is 13.8. The van der Waals surface area contributed by atoms with Gasteiger partial charge < -0.3 is 5.32 Å². The molecule has 2 nitrogen and oxygen atoms in total. The lowest BCUT2D eigenvalue weighted by molar-refractivity contribution is 0.631. The molecule has 1 aromatic heterocycles. The van der Waals surface area contributed by atoms with Crippen molar-refractivity contribution in [2.45, 2.75) is 13.5 Å². The lowest BCUT2D eigenvalue weighted by atomic mass is 10.1. The second-order valence-electron chi connectivity index (χ2n) is 3.96. The summed E-state index contributed by atoms with van der Waals surface area (Å²) in [6.07, 6.45) is 3.39. The Labute approximate surface area is 111 Å². The van der Waals surface area contributed by atoms with Gasteiger partial charge in [-0.3, -0.25) is 4.98 Å². The summed E-state index contributed by atoms with van der Waals surface area (Å²) in [4.78, 5) is 4.13. The van der Waals surface area contributed by atoms with Crippen LogP contribution >= 0.6 is 11.6 Å². The maximum atomic E-state index is 13.8. The molecule has 0 unspecified atom stereocenters. The first-order valence-corrected chi connectivity index (χ1v) is 6.19. The van der Waals surface area contributed by atoms with Gasteiger partial charge in [-0.1, -0.05) is 24.6 Å². The predicted molar refractivity (Wildman–Crippen MR) is 72.0 cm³/mol. The molecule has 0 atom stereocenters. The zero-order valence-corrected chi connectivity index (χ0v) is 10.8. The zero-order valence-electron chi connectivity index (χ0n) is 10.1. The number of halogens is 2. The second kappa shape index (κ2) is 5.94. The third-order valence-corrected chi connectivity index (χ3v) is 2.94. The molecule has 0 aliphatic heterocycles. The van der Waals surface area contributed by atoms with E-state index in [1.165, 1.54) is 6.07 Å². The molecule has 18 heavy (non-hydrogen) atoms. The summed E-state index contributed by atoms with van der Waals surface area (Å²) in [5.74, 6) is -0.329. The van der Waals surface area contributed by atoms with E-state index < -0.39 is 0 Å². The molecule has 0 fully saturated rings. The molecule has 0 spiro atoms. The number of hydrogen-bond donors (Lipinski definition) is 1. The monoisotopic (exact) mass is 264 g/mol. The smallest absolute Gasteiger partial charge is 0.132 e. The summed E-state index contributed by atoms with van der Waals surface area (Å²) in [7, 11) is 0. The molecule has 0 saturated carbocycles. The number of aromatic nitrogens is 1. The maximum Gasteiger partial charge on any atom is 0.132 e. The Morgan fingerprint density at radius 3 is 2.89 bits per heavy atom. The highest BCUT2D eigenvalue weighted by Gasteiger charge is 2.10. The lowest BCUT2D eigenvalue weighted by Gasteiger charge is -2.08. The van der Waals surface area contributed by atoms with E-state index in [-0.39, 0.29) is 5.82 Å². The molecule has 1 heterocycles. The summed E-state index contributed by atoms with van der Waals surface area (Å²) in [5.41, 5.74) is 2.12. The van der Waals surface area contributed by atoms with Crippen LogP contribution in [0, 0.1) is 5.82 Å². The quantitative estimate of drug-likeness (QED) is 0.912. The zero-order chi connectivity index (χ0) is 13.0. The van der Waals surface area contributed by atoms with Gasteiger partial charge in [-0.05, 0) is 30.3 Å². The number of pyridine rings is 1. The molecule has 94 valence electrons. The predicted octanol–water partition coefficient (Wildman–Crippen LogP) is 3.65. The van der Waals surface area contributed by atoms with Crippen LogP contribution in [0.1, 0.15) is 12.5 Å². The molecule has 1 aromatic carbocycles. The summed E-state index contributed by atoms with van der Waals surface area (Å²) < 4.78 is 13.8. The third kappa shape index (κ3) is 2.86. The highest BCUT2D eigenvalue weighted by Crippen LogP contribution is 2.30. The second-order valence-corrected chi connectivity index (χ2v) is 4.37. The first kappa shape index (κ1) is 13.0. The van der Waals surface area contributed by atoms with Gasteiger partial charge in [0.2, 0.25) is 0 Å². The van der Waals surface area contributed by atoms with Crippen molar-refractivity contribution < 1.29 is 4.39 Å². The van der Waals surface area contributed by atoms with Crippen molar-refractivity contribution in [3.05, 3.63) is 53.1 Å². The van der Waals surface area contributed by atoms with Crippen LogP contribution in [0.15, 0.2) is 36.7 Å². The molecule has 0 radical (unpaired) electrons. The first-order chi connectivity index (χ1) is 8.72. The Balaban J connectivity index is 2.38. The van der Waals surface area contributed by atoms with E-state index in [9.17, 15) is 4.39 Å². The molecule has 2 rings (SSSR count). The van der Waals surface area contributed by atoms with Crippen LogP contribution in [0.4, 0.5) is 4.39 Å². The normalized spacial score (nSPS) is 10.6. The van der Waals surface area contributed by atoms with Crippen LogP contribution in [0.3, 0.4) is 0 Å². The van der Waals surface area contributed by atoms with Gasteiger partial charge >= 0.3 is 0 Å². The van der Waals surface area contributed by atoms with Gasteiger partial charge in [-0.2, -0.15) is 0 Å². The fourth-order valence-corrected chi connectivity index (χ4v) is 2.04. The van der Waals surface area contributed by atoms with Gasteiger partial charge in [0.1, 0.15) is 5.82 Å². The SMILES string of the molecule is CCNCc1cncc(-c2c(F)cccc2Cl)c1. The molecule has 0 bridgehead atoms. The number of nitrogens with zero attached hydrogens (tertiary/aromatic N) is 1. The minimum Gasteiger partial charge on any atom is -0.313 e. The molecule has 0 aliphatic carbocycles. The van der Waals surface area contributed by atoms with Crippen LogP contribution in [0.25, 0.3) is 11.1 Å². The average Bonchev–Trinajstić information content (AvgIpc) is 2.37. The van der Waals surface area contributed by atoms with Crippen molar-refractivity contribution in [3.8, 4) is 11.1 Å². The molecule has 1 N–H and O–H groups in total. The van der Waals surface area contributed by atoms with Gasteiger partial charge in [-0.15, -0.1) is 0 Å². The van der Waals surface area contributed by atoms with Crippen LogP contribution in [0.2, 0.25) is 5.02 Å². The van der Waals surface area contributed by atoms with E-state index in [1.54, 1.807) is 24.5 Å². The number of hydrogen-bond acceptors (Lipinski definition) is 2. The van der Waals surface area contributed by atoms with Crippen molar-refractivity contribution >= 4 is 11.6 Å². The average molecular weight is 265 g/mol. The fourth-order valence-electron chi connectivity index (χ4n) is 1.76. The highest BCUT2D eigenvalue weighted by atomic mass is 35.5. The molecular formula is C14H14ClFN2. The van der Waals surface area contributed by atoms with Gasteiger partial charge in [0.15, 0.2) is 0 Å². The van der Waals surface area contributed by atoms with Crippen LogP contribution in [-0.4, -0.2) is 11.5 Å². The molecule has 2 aromatic rings. The van der Waals surface area contributed by atoms with E-state index in [0.717, 1.165) is 12.1 Å². The van der Waals surface area contributed by atoms with Crippen molar-refractivity contribution in [2.24, 2.45) is 0 Å². The van der Waals surface area contributed by atoms with Gasteiger partial charge in [0, 0.05) is 30.1 Å². The van der Waals surface area contributed by atoms with Crippen LogP contribution in [-0.2, 0) is 6.54 Å². The van der Waals surface area contributed by atoms with Crippen molar-refractivity contribution in [2.75, 3.05) is 6.54 Å². The fraction of sp³-hybridized carbons (Fsp3) is 0.214. The molecular weight excluding hydrogens is 251 g/mol. The van der Waals surface area contributed by atoms with Crippen molar-refractivity contribution in [3.63, 3.8) is 0 Å². The Morgan fingerprint density at radius 2 is 2.17 bits per heavy atom. The van der Waals surface area contributed by atoms with E-state index in [4.69, 9.17) is 11.6 Å². The number of rotatable bonds is 4. The van der Waals surface area contributed by atoms with Gasteiger partial charge in [0.05, 0.1) is 5.02 Å². The van der Waals surface area contributed by atoms with E-state index >= 15 is 0 Å². The first-order valence-electron chi connectivity index (χ1n) is 5.81. The van der Waals surface area contributed by atoms with E-state index in [1.807, 2.05) is 13.0 Å². The standard InChI is InChI=1S/C14H14ClFN2/c1-2-17-7-10-6-11(9-18-8-10)14-12(15)4-3-5-13(14)16/h3-6,8-9,17H,2,7H2,1H3. The number of benzene rings is 1. The van der Waals surface area contributed by atoms with E-state index in [2.05, 4.69) is 10.3 Å². The topological polar surface area (TPSA) is 24.9 Å². The minimum absolute atomic E-state index is 0.329. The summed E-state index contributed by atoms with van der Waals surface area (Å²) in [5, 5.41) is 3.61. The van der Waals surface area contributed by atoms with Crippen LogP contribution < -0.4 is 5.32 Å². The largest absolute Gasteiger partial charge is 0.313 e. The number of nitrogens with one attached hydrogen (secondary N) is 1. The van der Waals surface area contributed by atoms with Crippen LogP contribution in [0.5, 0.6) is 0 Å². The molecule has 0 amide bonds. The Hall–Kier alpha value is -1.45. The molecule has 0 aliphatic rings. The summed E-state index contributed by atoms with van der Waals surface area (Å²) in [6.45, 7) is 3.62.